The number of nitrogens with one attached hydrogen (secondary N) is 1. The number of ether oxygens (including phenoxy) is 1. The summed E-state index contributed by atoms with van der Waals surface area (Å²) in [7, 11) is 1.61. The van der Waals surface area contributed by atoms with Crippen LogP contribution in [0.15, 0.2) is 17.5 Å². The molecule has 0 aromatic carbocycles. The summed E-state index contributed by atoms with van der Waals surface area (Å²) in [5.41, 5.74) is -1.02. The van der Waals surface area contributed by atoms with Crippen LogP contribution in [0.1, 0.15) is 48.1 Å². The molecule has 0 radical (unpaired) electrons. The lowest BCUT2D eigenvalue weighted by atomic mass is 10.0. The molecule has 0 fully saturated rings. The van der Waals surface area contributed by atoms with Crippen LogP contribution in [0.2, 0.25) is 0 Å². The third-order valence-electron chi connectivity index (χ3n) is 4.36. The van der Waals surface area contributed by atoms with E-state index in [9.17, 15) is 9.59 Å². The average molecular weight is 377 g/mol. The molecule has 2 aromatic rings. The molecule has 26 heavy (non-hydrogen) atoms. The van der Waals surface area contributed by atoms with E-state index in [-0.39, 0.29) is 17.9 Å². The molecule has 3 heterocycles. The van der Waals surface area contributed by atoms with Gasteiger partial charge in [0.15, 0.2) is 11.6 Å². The van der Waals surface area contributed by atoms with Gasteiger partial charge < -0.3 is 19.5 Å². The standard InChI is InChI=1S/C17H23N5O3S/c1-11-8-21(9-13-19-20-14(10-25-4)22(11)13)16(24)17(2,3)18-15(23)12-6-5-7-26-12/h5-7,11H,8-10H2,1-4H3,(H,18,23)/t11-/m0/s1. The van der Waals surface area contributed by atoms with E-state index in [0.29, 0.717) is 24.6 Å². The fraction of sp³-hybridized carbons (Fsp3) is 0.529. The van der Waals surface area contributed by atoms with Crippen LogP contribution in [0.25, 0.3) is 0 Å². The Bertz CT molecular complexity index is 799. The van der Waals surface area contributed by atoms with Crippen LogP contribution in [-0.4, -0.2) is 50.7 Å². The van der Waals surface area contributed by atoms with E-state index < -0.39 is 5.54 Å². The quantitative estimate of drug-likeness (QED) is 0.855. The van der Waals surface area contributed by atoms with Gasteiger partial charge in [-0.25, -0.2) is 0 Å². The first kappa shape index (κ1) is 18.5. The summed E-state index contributed by atoms with van der Waals surface area (Å²) < 4.78 is 7.18. The number of rotatable bonds is 5. The van der Waals surface area contributed by atoms with Crippen LogP contribution < -0.4 is 5.32 Å². The highest BCUT2D eigenvalue weighted by molar-refractivity contribution is 7.12. The molecule has 1 aliphatic heterocycles. The number of amides is 2. The summed E-state index contributed by atoms with van der Waals surface area (Å²) >= 11 is 1.35. The van der Waals surface area contributed by atoms with Crippen LogP contribution in [0, 0.1) is 0 Å². The molecule has 0 aliphatic carbocycles. The summed E-state index contributed by atoms with van der Waals surface area (Å²) in [5, 5.41) is 13.0. The van der Waals surface area contributed by atoms with Crippen LogP contribution >= 0.6 is 11.3 Å². The van der Waals surface area contributed by atoms with E-state index in [1.807, 2.05) is 22.9 Å². The number of hydrogen-bond acceptors (Lipinski definition) is 6. The van der Waals surface area contributed by atoms with Crippen molar-refractivity contribution in [1.29, 1.82) is 0 Å². The molecule has 1 aliphatic rings. The summed E-state index contributed by atoms with van der Waals surface area (Å²) in [4.78, 5) is 27.7. The maximum Gasteiger partial charge on any atom is 0.262 e. The number of thiophene rings is 1. The van der Waals surface area contributed by atoms with Crippen molar-refractivity contribution in [3.63, 3.8) is 0 Å². The van der Waals surface area contributed by atoms with Crippen LogP contribution in [0.5, 0.6) is 0 Å². The van der Waals surface area contributed by atoms with Gasteiger partial charge in [-0.05, 0) is 32.2 Å². The molecule has 0 saturated carbocycles. The Morgan fingerprint density at radius 1 is 1.42 bits per heavy atom. The highest BCUT2D eigenvalue weighted by Gasteiger charge is 2.37. The zero-order chi connectivity index (χ0) is 18.9. The zero-order valence-corrected chi connectivity index (χ0v) is 16.2. The molecular formula is C17H23N5O3S. The van der Waals surface area contributed by atoms with Gasteiger partial charge in [-0.3, -0.25) is 9.59 Å². The number of carbonyl (C=O) groups is 2. The summed E-state index contributed by atoms with van der Waals surface area (Å²) in [6.45, 7) is 6.73. The SMILES string of the molecule is COCc1nnc2n1[C@@H](C)CN(C(=O)C(C)(C)NC(=O)c1cccs1)C2. The molecule has 2 aromatic heterocycles. The molecule has 0 bridgehead atoms. The van der Waals surface area contributed by atoms with Crippen LogP contribution in [0.3, 0.4) is 0 Å². The summed E-state index contributed by atoms with van der Waals surface area (Å²) in [5.74, 6) is 1.10. The normalized spacial score (nSPS) is 17.1. The topological polar surface area (TPSA) is 89.3 Å². The molecule has 3 rings (SSSR count). The van der Waals surface area contributed by atoms with Gasteiger partial charge >= 0.3 is 0 Å². The van der Waals surface area contributed by atoms with Gasteiger partial charge in [0.05, 0.1) is 17.5 Å². The number of carbonyl (C=O) groups excluding carboxylic acids is 2. The van der Waals surface area contributed by atoms with Crippen molar-refractivity contribution in [3.8, 4) is 0 Å². The van der Waals surface area contributed by atoms with Crippen LogP contribution in [0.4, 0.5) is 0 Å². The maximum atomic E-state index is 13.0. The fourth-order valence-electron chi connectivity index (χ4n) is 3.20. The third kappa shape index (κ3) is 3.49. The minimum absolute atomic E-state index is 0.0339. The first-order valence-corrected chi connectivity index (χ1v) is 9.28. The van der Waals surface area contributed by atoms with Gasteiger partial charge in [0.25, 0.3) is 5.91 Å². The highest BCUT2D eigenvalue weighted by atomic mass is 32.1. The molecule has 8 nitrogen and oxygen atoms in total. The molecule has 0 saturated heterocycles. The Balaban J connectivity index is 1.74. The van der Waals surface area contributed by atoms with Crippen molar-refractivity contribution in [2.45, 2.75) is 45.5 Å². The molecule has 140 valence electrons. The van der Waals surface area contributed by atoms with Gasteiger partial charge in [0, 0.05) is 13.7 Å². The Morgan fingerprint density at radius 3 is 2.85 bits per heavy atom. The fourth-order valence-corrected chi connectivity index (χ4v) is 3.82. The number of nitrogens with zero attached hydrogens (tertiary/aromatic N) is 4. The first-order valence-electron chi connectivity index (χ1n) is 8.40. The van der Waals surface area contributed by atoms with Gasteiger partial charge in [-0.15, -0.1) is 21.5 Å². The van der Waals surface area contributed by atoms with Crippen LogP contribution in [-0.2, 0) is 22.7 Å². The Hall–Kier alpha value is -2.26. The molecular weight excluding hydrogens is 354 g/mol. The van der Waals surface area contributed by atoms with Crippen molar-refractivity contribution in [2.75, 3.05) is 13.7 Å². The molecule has 0 spiro atoms. The lowest BCUT2D eigenvalue weighted by molar-refractivity contribution is -0.138. The van der Waals surface area contributed by atoms with Gasteiger partial charge in [0.1, 0.15) is 12.1 Å². The van der Waals surface area contributed by atoms with Crippen molar-refractivity contribution >= 4 is 23.2 Å². The van der Waals surface area contributed by atoms with E-state index in [1.165, 1.54) is 11.3 Å². The Kier molecular flexibility index (Phi) is 5.10. The van der Waals surface area contributed by atoms with Crippen molar-refractivity contribution in [1.82, 2.24) is 25.0 Å². The first-order chi connectivity index (χ1) is 12.3. The minimum atomic E-state index is -1.02. The van der Waals surface area contributed by atoms with Crippen molar-refractivity contribution < 1.29 is 14.3 Å². The van der Waals surface area contributed by atoms with Gasteiger partial charge in [-0.2, -0.15) is 0 Å². The zero-order valence-electron chi connectivity index (χ0n) is 15.4. The summed E-state index contributed by atoms with van der Waals surface area (Å²) in [6, 6.07) is 3.58. The molecule has 0 unspecified atom stereocenters. The predicted octanol–water partition coefficient (Wildman–Crippen LogP) is 1.60. The number of hydrogen-bond donors (Lipinski definition) is 1. The van der Waals surface area contributed by atoms with E-state index in [4.69, 9.17) is 4.74 Å². The second-order valence-electron chi connectivity index (χ2n) is 6.93. The smallest absolute Gasteiger partial charge is 0.262 e. The Morgan fingerprint density at radius 2 is 2.19 bits per heavy atom. The Labute approximate surface area is 156 Å². The molecule has 1 N–H and O–H groups in total. The largest absolute Gasteiger partial charge is 0.377 e. The average Bonchev–Trinajstić information content (AvgIpc) is 3.24. The lowest BCUT2D eigenvalue weighted by Crippen LogP contribution is -2.57. The van der Waals surface area contributed by atoms with E-state index in [0.717, 1.165) is 11.6 Å². The monoisotopic (exact) mass is 377 g/mol. The van der Waals surface area contributed by atoms with E-state index in [1.54, 1.807) is 31.9 Å². The predicted molar refractivity (Wildman–Crippen MR) is 96.7 cm³/mol. The van der Waals surface area contributed by atoms with E-state index >= 15 is 0 Å². The highest BCUT2D eigenvalue weighted by Crippen LogP contribution is 2.24. The molecule has 2 amide bonds. The molecule has 9 heteroatoms. The van der Waals surface area contributed by atoms with Crippen molar-refractivity contribution in [3.05, 3.63) is 34.0 Å². The number of fused-ring (bicyclic) bond motifs is 1. The summed E-state index contributed by atoms with van der Waals surface area (Å²) in [6.07, 6.45) is 0. The van der Waals surface area contributed by atoms with E-state index in [2.05, 4.69) is 15.5 Å². The number of aromatic nitrogens is 3. The lowest BCUT2D eigenvalue weighted by Gasteiger charge is -2.37. The van der Waals surface area contributed by atoms with Crippen molar-refractivity contribution in [2.24, 2.45) is 0 Å². The van der Waals surface area contributed by atoms with Gasteiger partial charge in [-0.1, -0.05) is 6.07 Å². The third-order valence-corrected chi connectivity index (χ3v) is 5.23. The second kappa shape index (κ2) is 7.16. The number of methoxy groups -OCH3 is 1. The second-order valence-corrected chi connectivity index (χ2v) is 7.87. The minimum Gasteiger partial charge on any atom is -0.377 e. The molecule has 1 atom stereocenters. The van der Waals surface area contributed by atoms with Gasteiger partial charge in [0.2, 0.25) is 5.91 Å². The maximum absolute atomic E-state index is 13.0.